The minimum atomic E-state index is 0.281. The number of carbonyl (C=O) groups excluding carboxylic acids is 1. The van der Waals surface area contributed by atoms with Crippen LogP contribution in [0.5, 0.6) is 0 Å². The lowest BCUT2D eigenvalue weighted by atomic mass is 9.96. The second-order valence-corrected chi connectivity index (χ2v) is 4.78. The monoisotopic (exact) mass is 197 g/mol. The van der Waals surface area contributed by atoms with Crippen LogP contribution in [0.4, 0.5) is 0 Å². The van der Waals surface area contributed by atoms with Gasteiger partial charge in [0, 0.05) is 32.2 Å². The highest BCUT2D eigenvalue weighted by Gasteiger charge is 2.39. The van der Waals surface area contributed by atoms with Crippen LogP contribution in [-0.2, 0) is 4.79 Å². The van der Waals surface area contributed by atoms with Crippen molar-refractivity contribution in [1.82, 2.24) is 14.7 Å². The fourth-order valence-corrected chi connectivity index (χ4v) is 2.08. The summed E-state index contributed by atoms with van der Waals surface area (Å²) in [6.45, 7) is 3.74. The van der Waals surface area contributed by atoms with Crippen molar-refractivity contribution >= 4 is 5.91 Å². The van der Waals surface area contributed by atoms with Crippen LogP contribution in [0.3, 0.4) is 0 Å². The van der Waals surface area contributed by atoms with Crippen molar-refractivity contribution in [3.8, 4) is 0 Å². The van der Waals surface area contributed by atoms with Crippen LogP contribution in [0.1, 0.15) is 0 Å². The first-order valence-electron chi connectivity index (χ1n) is 5.21. The van der Waals surface area contributed by atoms with Crippen LogP contribution >= 0.6 is 0 Å². The molecule has 0 aromatic heterocycles. The summed E-state index contributed by atoms with van der Waals surface area (Å²) in [7, 11) is 6.20. The SMILES string of the molecule is CN1CC(C(=O)N2CC(N(C)C)C2)C1. The molecule has 2 aliphatic rings. The quantitative estimate of drug-likeness (QED) is 0.587. The number of carbonyl (C=O) groups is 1. The Morgan fingerprint density at radius 1 is 1.21 bits per heavy atom. The van der Waals surface area contributed by atoms with E-state index in [0.717, 1.165) is 26.2 Å². The Hall–Kier alpha value is -0.610. The van der Waals surface area contributed by atoms with Crippen molar-refractivity contribution in [1.29, 1.82) is 0 Å². The highest BCUT2D eigenvalue weighted by Crippen LogP contribution is 2.20. The summed E-state index contributed by atoms with van der Waals surface area (Å²) < 4.78 is 0. The van der Waals surface area contributed by atoms with Gasteiger partial charge >= 0.3 is 0 Å². The molecular weight excluding hydrogens is 178 g/mol. The predicted octanol–water partition coefficient (Wildman–Crippen LogP) is -0.680. The summed E-state index contributed by atoms with van der Waals surface area (Å²) >= 11 is 0. The van der Waals surface area contributed by atoms with Gasteiger partial charge < -0.3 is 14.7 Å². The maximum absolute atomic E-state index is 11.8. The Bertz CT molecular complexity index is 230. The first-order valence-corrected chi connectivity index (χ1v) is 5.21. The lowest BCUT2D eigenvalue weighted by Gasteiger charge is -2.46. The van der Waals surface area contributed by atoms with Gasteiger partial charge in [-0.2, -0.15) is 0 Å². The molecule has 80 valence electrons. The predicted molar refractivity (Wildman–Crippen MR) is 55.0 cm³/mol. The number of nitrogens with zero attached hydrogens (tertiary/aromatic N) is 3. The molecule has 0 atom stereocenters. The molecular formula is C10H19N3O. The van der Waals surface area contributed by atoms with E-state index in [1.807, 2.05) is 4.90 Å². The summed E-state index contributed by atoms with van der Waals surface area (Å²) in [4.78, 5) is 18.2. The van der Waals surface area contributed by atoms with E-state index < -0.39 is 0 Å². The van der Waals surface area contributed by atoms with Gasteiger partial charge in [-0.15, -0.1) is 0 Å². The van der Waals surface area contributed by atoms with E-state index in [2.05, 4.69) is 30.9 Å². The molecule has 0 bridgehead atoms. The second-order valence-electron chi connectivity index (χ2n) is 4.78. The maximum atomic E-state index is 11.8. The number of amides is 1. The molecule has 2 saturated heterocycles. The summed E-state index contributed by atoms with van der Waals surface area (Å²) in [5, 5.41) is 0. The summed E-state index contributed by atoms with van der Waals surface area (Å²) in [5.41, 5.74) is 0. The third-order valence-electron chi connectivity index (χ3n) is 3.32. The Labute approximate surface area is 85.5 Å². The van der Waals surface area contributed by atoms with E-state index in [0.29, 0.717) is 11.9 Å². The standard InChI is InChI=1S/C10H19N3O/c1-11(2)9-6-13(7-9)10(14)8-4-12(3)5-8/h8-9H,4-7H2,1-3H3. The van der Waals surface area contributed by atoms with E-state index in [-0.39, 0.29) is 5.92 Å². The molecule has 2 aliphatic heterocycles. The molecule has 2 fully saturated rings. The van der Waals surface area contributed by atoms with Crippen molar-refractivity contribution in [2.45, 2.75) is 6.04 Å². The highest BCUT2D eigenvalue weighted by atomic mass is 16.2. The van der Waals surface area contributed by atoms with E-state index in [4.69, 9.17) is 0 Å². The molecule has 0 spiro atoms. The van der Waals surface area contributed by atoms with Crippen molar-refractivity contribution in [3.05, 3.63) is 0 Å². The summed E-state index contributed by atoms with van der Waals surface area (Å²) in [6, 6.07) is 0.580. The number of likely N-dealkylation sites (N-methyl/N-ethyl adjacent to an activating group) is 1. The first-order chi connectivity index (χ1) is 6.58. The minimum Gasteiger partial charge on any atom is -0.339 e. The molecule has 0 saturated carbocycles. The molecule has 14 heavy (non-hydrogen) atoms. The molecule has 4 nitrogen and oxygen atoms in total. The second kappa shape index (κ2) is 3.51. The lowest BCUT2D eigenvalue weighted by molar-refractivity contribution is -0.147. The van der Waals surface area contributed by atoms with Gasteiger partial charge in [0.25, 0.3) is 0 Å². The third kappa shape index (κ3) is 1.64. The van der Waals surface area contributed by atoms with Crippen molar-refractivity contribution in [2.75, 3.05) is 47.3 Å². The van der Waals surface area contributed by atoms with Gasteiger partial charge in [0.2, 0.25) is 5.91 Å². The maximum Gasteiger partial charge on any atom is 0.228 e. The molecule has 0 aromatic rings. The zero-order valence-electron chi connectivity index (χ0n) is 9.23. The molecule has 1 amide bonds. The van der Waals surface area contributed by atoms with Crippen LogP contribution in [0.25, 0.3) is 0 Å². The number of likely N-dealkylation sites (tertiary alicyclic amines) is 2. The fourth-order valence-electron chi connectivity index (χ4n) is 2.08. The van der Waals surface area contributed by atoms with Gasteiger partial charge in [0.1, 0.15) is 0 Å². The number of hydrogen-bond acceptors (Lipinski definition) is 3. The lowest BCUT2D eigenvalue weighted by Crippen LogP contribution is -2.63. The van der Waals surface area contributed by atoms with E-state index >= 15 is 0 Å². The van der Waals surface area contributed by atoms with E-state index in [1.165, 1.54) is 0 Å². The number of hydrogen-bond donors (Lipinski definition) is 0. The molecule has 0 unspecified atom stereocenters. The van der Waals surface area contributed by atoms with Gasteiger partial charge in [-0.3, -0.25) is 4.79 Å². The molecule has 0 radical (unpaired) electrons. The normalized spacial score (nSPS) is 25.0. The zero-order valence-corrected chi connectivity index (χ0v) is 9.23. The molecule has 2 heterocycles. The fraction of sp³-hybridized carbons (Fsp3) is 0.900. The zero-order chi connectivity index (χ0) is 10.3. The van der Waals surface area contributed by atoms with Crippen molar-refractivity contribution in [2.24, 2.45) is 5.92 Å². The van der Waals surface area contributed by atoms with Crippen LogP contribution in [0.15, 0.2) is 0 Å². The van der Waals surface area contributed by atoms with Gasteiger partial charge in [-0.1, -0.05) is 0 Å². The Morgan fingerprint density at radius 2 is 1.79 bits per heavy atom. The molecule has 4 heteroatoms. The van der Waals surface area contributed by atoms with E-state index in [9.17, 15) is 4.79 Å². The molecule has 0 N–H and O–H groups in total. The Balaban J connectivity index is 1.74. The van der Waals surface area contributed by atoms with Crippen LogP contribution in [0, 0.1) is 5.92 Å². The summed E-state index contributed by atoms with van der Waals surface area (Å²) in [6.07, 6.45) is 0. The number of rotatable bonds is 2. The van der Waals surface area contributed by atoms with Crippen LogP contribution < -0.4 is 0 Å². The molecule has 2 rings (SSSR count). The minimum absolute atomic E-state index is 0.281. The first kappa shape index (κ1) is 9.93. The van der Waals surface area contributed by atoms with E-state index in [1.54, 1.807) is 0 Å². The van der Waals surface area contributed by atoms with Gasteiger partial charge in [-0.05, 0) is 21.1 Å². The molecule has 0 aromatic carbocycles. The van der Waals surface area contributed by atoms with Gasteiger partial charge in [-0.25, -0.2) is 0 Å². The average Bonchev–Trinajstić information content (AvgIpc) is 1.94. The average molecular weight is 197 g/mol. The van der Waals surface area contributed by atoms with Crippen molar-refractivity contribution in [3.63, 3.8) is 0 Å². The highest BCUT2D eigenvalue weighted by molar-refractivity contribution is 5.81. The van der Waals surface area contributed by atoms with Gasteiger partial charge in [0.05, 0.1) is 5.92 Å². The van der Waals surface area contributed by atoms with Gasteiger partial charge in [0.15, 0.2) is 0 Å². The summed E-state index contributed by atoms with van der Waals surface area (Å²) in [5.74, 6) is 0.643. The molecule has 0 aliphatic carbocycles. The van der Waals surface area contributed by atoms with Crippen LogP contribution in [-0.4, -0.2) is 74.0 Å². The van der Waals surface area contributed by atoms with Crippen LogP contribution in [0.2, 0.25) is 0 Å². The largest absolute Gasteiger partial charge is 0.339 e. The van der Waals surface area contributed by atoms with Crippen molar-refractivity contribution < 1.29 is 4.79 Å². The smallest absolute Gasteiger partial charge is 0.228 e. The Kier molecular flexibility index (Phi) is 2.49. The topological polar surface area (TPSA) is 26.8 Å². The Morgan fingerprint density at radius 3 is 2.21 bits per heavy atom. The third-order valence-corrected chi connectivity index (χ3v) is 3.32.